The van der Waals surface area contributed by atoms with Gasteiger partial charge >= 0.3 is 24.1 Å². The third kappa shape index (κ3) is 17.5. The van der Waals surface area contributed by atoms with Crippen LogP contribution in [0.15, 0.2) is 80.3 Å². The number of rotatable bonds is 14. The third-order valence-electron chi connectivity index (χ3n) is 22.5. The lowest BCUT2D eigenvalue weighted by Crippen LogP contribution is -2.59. The molecule has 0 aromatic carbocycles. The van der Waals surface area contributed by atoms with Crippen molar-refractivity contribution in [3.63, 3.8) is 0 Å². The van der Waals surface area contributed by atoms with Crippen LogP contribution in [0, 0.1) is 70.0 Å². The lowest BCUT2D eigenvalue weighted by Gasteiger charge is -2.45. The van der Waals surface area contributed by atoms with Gasteiger partial charge in [-0.15, -0.1) is 0 Å². The number of nitrogens with zero attached hydrogens (tertiary/aromatic N) is 6. The third-order valence-corrected chi connectivity index (χ3v) is 22.5. The molecule has 1 amide bonds. The highest BCUT2D eigenvalue weighted by Crippen LogP contribution is 2.47. The van der Waals surface area contributed by atoms with Crippen molar-refractivity contribution < 1.29 is 81.4 Å². The average Bonchev–Trinajstić information content (AvgIpc) is 1.61. The normalized spacial score (nSPS) is 37.0. The molecule has 0 spiro atoms. The number of hydrogen-bond donors (Lipinski definition) is 1. The number of fused-ring (bicyclic) bond motifs is 2. The number of carbonyl (C=O) groups is 8. The molecular weight excluding hydrogens is 1290 g/mol. The van der Waals surface area contributed by atoms with E-state index in [9.17, 15) is 43.5 Å². The van der Waals surface area contributed by atoms with Crippen LogP contribution in [0.1, 0.15) is 197 Å². The average molecular weight is 1410 g/mol. The van der Waals surface area contributed by atoms with E-state index >= 15 is 0 Å². The molecule has 4 saturated heterocycles. The summed E-state index contributed by atoms with van der Waals surface area (Å²) in [4.78, 5) is 126. The van der Waals surface area contributed by atoms with Crippen LogP contribution in [0.2, 0.25) is 0 Å². The second-order valence-corrected chi connectivity index (χ2v) is 31.9. The molecular formula is C78H116N6O17. The van der Waals surface area contributed by atoms with Crippen molar-refractivity contribution in [2.24, 2.45) is 70.0 Å². The second-order valence-electron chi connectivity index (χ2n) is 31.9. The summed E-state index contributed by atoms with van der Waals surface area (Å²) in [7, 11) is 0. The van der Waals surface area contributed by atoms with Gasteiger partial charge in [0.1, 0.15) is 42.3 Å². The molecule has 3 aromatic rings. The van der Waals surface area contributed by atoms with Crippen molar-refractivity contribution >= 4 is 58.4 Å². The van der Waals surface area contributed by atoms with Gasteiger partial charge in [-0.25, -0.2) is 29.1 Å². The molecule has 0 bridgehead atoms. The Hall–Kier alpha value is -6.79. The first-order chi connectivity index (χ1) is 47.2. The van der Waals surface area contributed by atoms with Crippen molar-refractivity contribution in [2.75, 3.05) is 6.54 Å². The zero-order valence-corrected chi connectivity index (χ0v) is 63.8. The summed E-state index contributed by atoms with van der Waals surface area (Å²) < 4.78 is 53.1. The first kappa shape index (κ1) is 81.5. The Morgan fingerprint density at radius 1 is 0.713 bits per heavy atom. The molecule has 560 valence electrons. The van der Waals surface area contributed by atoms with Crippen LogP contribution in [0.3, 0.4) is 0 Å². The highest BCUT2D eigenvalue weighted by atomic mass is 16.7. The number of ether oxygens (including phenoxy) is 8. The monoisotopic (exact) mass is 1410 g/mol. The van der Waals surface area contributed by atoms with E-state index in [0.717, 1.165) is 16.5 Å². The zero-order valence-electron chi connectivity index (χ0n) is 63.8. The van der Waals surface area contributed by atoms with Crippen LogP contribution in [0.4, 0.5) is 9.59 Å². The van der Waals surface area contributed by atoms with Crippen LogP contribution in [0.25, 0.3) is 11.2 Å². The summed E-state index contributed by atoms with van der Waals surface area (Å²) in [6.07, 6.45) is 8.18. The van der Waals surface area contributed by atoms with Gasteiger partial charge in [0.2, 0.25) is 0 Å². The number of cyclic esters (lactones) is 2. The summed E-state index contributed by atoms with van der Waals surface area (Å²) >= 11 is 0. The van der Waals surface area contributed by atoms with Crippen LogP contribution in [0.5, 0.6) is 0 Å². The fourth-order valence-corrected chi connectivity index (χ4v) is 16.6. The van der Waals surface area contributed by atoms with Gasteiger partial charge in [-0.05, 0) is 158 Å². The predicted octanol–water partition coefficient (Wildman–Crippen LogP) is 13.0. The van der Waals surface area contributed by atoms with Crippen LogP contribution in [-0.4, -0.2) is 160 Å². The predicted molar refractivity (Wildman–Crippen MR) is 379 cm³/mol. The van der Waals surface area contributed by atoms with Crippen LogP contribution < -0.4 is 0 Å². The van der Waals surface area contributed by atoms with Gasteiger partial charge in [-0.3, -0.25) is 33.7 Å². The van der Waals surface area contributed by atoms with E-state index in [-0.39, 0.29) is 60.8 Å². The van der Waals surface area contributed by atoms with E-state index in [4.69, 9.17) is 37.9 Å². The van der Waals surface area contributed by atoms with Crippen molar-refractivity contribution in [3.8, 4) is 0 Å². The molecule has 4 fully saturated rings. The maximum Gasteiger partial charge on any atom is 0.420 e. The molecule has 5 aliphatic heterocycles. The molecule has 23 heteroatoms. The first-order valence-corrected chi connectivity index (χ1v) is 36.5. The highest BCUT2D eigenvalue weighted by molar-refractivity contribution is 6.01. The van der Waals surface area contributed by atoms with Gasteiger partial charge in [0.25, 0.3) is 0 Å². The SMILES string of the molecule is C=C[C@]1(OC(=O)n2ccnc2)/C=C(\C)C(=O)[C@H](C)CC(C)(C)[C@H](O[C@@H]2O[C@H](C)C[C@H](C)[C@H]2C)[C@@H](C)C(=O)[C@@H](C)C(=O)O[C@@H]1CC.C=C[C@]12OC(=O)N(CCCC(C)(C)n3cnc4ncccc43)[C@@H]1[C@@H](C)C(=O)[C@H](C)CC(C)(C)[C@H](O[C@@H]1O[C@H](C)C[C@H](C)[C@H]1O)[C@@H](C)C(=O)[C@@H](C)C(=O)O[C@@H]2CC. The Bertz CT molecular complexity index is 3490. The standard InChI is InChI=1S/C43H64N4O9.C35H52N2O8/c1-13-31-43(14-2)35(46(40(52)56-43)20-16-18-42(11,12)47-23-45-37-30(47)17-15-19-44-37)27(6)32(48)25(4)22-41(9,10)36(28(7)34(50)29(8)38(51)54-31)55-39-33(49)24(3)21-26(5)53-39;1-12-27-35(13-2,45-33(41)37-15-14-36-19-37)18-22(5)28(38)21(4)17-34(10,11)30(25(8)29(39)26(9)31(40)43-27)44-32-24(7)20(3)16-23(6)42-32/h14-15,17,19,23-29,31,33,35-36,39,49H,2,13,16,18,20-22H2,1,3-12H3;13-15,18-21,23-27,30,32H,2,12,16-17H2,1,3-11H3/b;22-18+/t24-,25+,26+,27-,28-,29+,31+,33+,35+,36+,39-,43+;20-,21+,23+,24+,25-,26+,27+,30+,32-,35-/m00/s1. The largest absolute Gasteiger partial charge is 0.457 e. The Labute approximate surface area is 598 Å². The molecule has 0 saturated carbocycles. The molecule has 0 aliphatic carbocycles. The molecule has 0 unspecified atom stereocenters. The van der Waals surface area contributed by atoms with E-state index in [1.54, 1.807) is 59.0 Å². The number of carbonyl (C=O) groups excluding carboxylic acids is 8. The minimum Gasteiger partial charge on any atom is -0.457 e. The van der Waals surface area contributed by atoms with Crippen LogP contribution in [-0.2, 0) is 72.2 Å². The molecule has 8 heterocycles. The zero-order chi connectivity index (χ0) is 75.3. The highest BCUT2D eigenvalue weighted by Gasteiger charge is 2.62. The molecule has 3 aromatic heterocycles. The number of aliphatic hydroxyl groups excluding tert-OH is 1. The van der Waals surface area contributed by atoms with E-state index in [2.05, 4.69) is 60.4 Å². The number of esters is 2. The fourth-order valence-electron chi connectivity index (χ4n) is 16.6. The van der Waals surface area contributed by atoms with Gasteiger partial charge in [0, 0.05) is 66.2 Å². The van der Waals surface area contributed by atoms with Crippen LogP contribution >= 0.6 is 0 Å². The number of pyridine rings is 1. The maximum absolute atomic E-state index is 14.7. The summed E-state index contributed by atoms with van der Waals surface area (Å²) in [6.45, 7) is 47.6. The number of allylic oxidation sites excluding steroid dienone is 1. The molecule has 23 nitrogen and oxygen atoms in total. The lowest BCUT2D eigenvalue weighted by atomic mass is 9.69. The number of aliphatic hydroxyl groups is 1. The number of imidazole rings is 2. The Morgan fingerprint density at radius 3 is 1.82 bits per heavy atom. The molecule has 1 N–H and O–H groups in total. The minimum atomic E-state index is -1.70. The molecule has 8 rings (SSSR count). The van der Waals surface area contributed by atoms with Gasteiger partial charge in [0.05, 0.1) is 42.3 Å². The maximum atomic E-state index is 14.7. The molecule has 5 aliphatic rings. The summed E-state index contributed by atoms with van der Waals surface area (Å²) in [5.74, 6) is -7.94. The van der Waals surface area contributed by atoms with E-state index in [1.807, 2.05) is 74.4 Å². The Kier molecular flexibility index (Phi) is 26.5. The number of hydrogen-bond acceptors (Lipinski definition) is 20. The minimum absolute atomic E-state index is 0.00463. The van der Waals surface area contributed by atoms with Gasteiger partial charge in [-0.1, -0.05) is 110 Å². The first-order valence-electron chi connectivity index (χ1n) is 36.5. The number of Topliss-reactive ketones (excluding diaryl/α,β-unsaturated/α-hetero) is 4. The van der Waals surface area contributed by atoms with Gasteiger partial charge in [-0.2, -0.15) is 0 Å². The van der Waals surface area contributed by atoms with E-state index < -0.39 is 148 Å². The molecule has 0 radical (unpaired) electrons. The smallest absolute Gasteiger partial charge is 0.420 e. The topological polar surface area (TPSA) is 282 Å². The summed E-state index contributed by atoms with van der Waals surface area (Å²) in [6, 6.07) is 2.98. The molecule has 22 atom stereocenters. The summed E-state index contributed by atoms with van der Waals surface area (Å²) in [5, 5.41) is 11.1. The van der Waals surface area contributed by atoms with Gasteiger partial charge < -0.3 is 47.6 Å². The number of amides is 1. The van der Waals surface area contributed by atoms with E-state index in [0.29, 0.717) is 49.2 Å². The number of ketones is 4. The van der Waals surface area contributed by atoms with Crippen molar-refractivity contribution in [1.29, 1.82) is 0 Å². The van der Waals surface area contributed by atoms with Gasteiger partial charge in [0.15, 0.2) is 46.8 Å². The van der Waals surface area contributed by atoms with Crippen molar-refractivity contribution in [3.05, 3.63) is 80.3 Å². The van der Waals surface area contributed by atoms with Crippen molar-refractivity contribution in [1.82, 2.24) is 29.0 Å². The molecule has 101 heavy (non-hydrogen) atoms. The number of aromatic nitrogens is 5. The van der Waals surface area contributed by atoms with Crippen molar-refractivity contribution in [2.45, 2.75) is 275 Å². The lowest BCUT2D eigenvalue weighted by molar-refractivity contribution is -0.284. The second kappa shape index (κ2) is 32.9. The fraction of sp³-hybridized carbons (Fsp3) is 0.705. The quantitative estimate of drug-likeness (QED) is 0.0679. The summed E-state index contributed by atoms with van der Waals surface area (Å²) in [5.41, 5.74) is -3.28. The Morgan fingerprint density at radius 2 is 1.27 bits per heavy atom. The van der Waals surface area contributed by atoms with E-state index in [1.165, 1.54) is 50.8 Å². The Balaban J connectivity index is 0.000000291.